The van der Waals surface area contributed by atoms with Gasteiger partial charge in [0, 0.05) is 29.6 Å². The predicted octanol–water partition coefficient (Wildman–Crippen LogP) is 2.62. The summed E-state index contributed by atoms with van der Waals surface area (Å²) < 4.78 is 0.927. The van der Waals surface area contributed by atoms with Gasteiger partial charge in [0.15, 0.2) is 5.13 Å². The number of fused-ring (bicyclic) bond motifs is 1. The van der Waals surface area contributed by atoms with E-state index in [-0.39, 0.29) is 5.91 Å². The summed E-state index contributed by atoms with van der Waals surface area (Å²) in [5.41, 5.74) is 8.14. The van der Waals surface area contributed by atoms with Crippen molar-refractivity contribution in [2.24, 2.45) is 0 Å². The van der Waals surface area contributed by atoms with Gasteiger partial charge in [-0.05, 0) is 25.1 Å². The lowest BCUT2D eigenvalue weighted by Crippen LogP contribution is -2.25. The molecule has 0 bridgehead atoms. The van der Waals surface area contributed by atoms with Crippen LogP contribution in [0.1, 0.15) is 21.1 Å². The molecule has 1 aromatic carbocycles. The van der Waals surface area contributed by atoms with Crippen LogP contribution in [-0.4, -0.2) is 22.4 Å². The summed E-state index contributed by atoms with van der Waals surface area (Å²) in [5.74, 6) is -0.0860. The summed E-state index contributed by atoms with van der Waals surface area (Å²) in [7, 11) is 0. The van der Waals surface area contributed by atoms with E-state index in [1.54, 1.807) is 17.4 Å². The van der Waals surface area contributed by atoms with Gasteiger partial charge in [-0.3, -0.25) is 4.79 Å². The Balaban J connectivity index is 1.63. The van der Waals surface area contributed by atoms with E-state index >= 15 is 0 Å². The van der Waals surface area contributed by atoms with Crippen molar-refractivity contribution in [3.05, 3.63) is 39.8 Å². The molecule has 2 heterocycles. The van der Waals surface area contributed by atoms with Crippen LogP contribution in [-0.2, 0) is 6.42 Å². The number of thiazole rings is 2. The zero-order chi connectivity index (χ0) is 14.8. The van der Waals surface area contributed by atoms with Crippen molar-refractivity contribution in [1.82, 2.24) is 15.3 Å². The molecule has 108 valence electrons. The summed E-state index contributed by atoms with van der Waals surface area (Å²) in [5, 5.41) is 6.48. The van der Waals surface area contributed by atoms with Crippen molar-refractivity contribution in [1.29, 1.82) is 0 Å². The van der Waals surface area contributed by atoms with Crippen molar-refractivity contribution in [3.63, 3.8) is 0 Å². The zero-order valence-corrected chi connectivity index (χ0v) is 13.1. The summed E-state index contributed by atoms with van der Waals surface area (Å²) >= 11 is 3.00. The molecule has 21 heavy (non-hydrogen) atoms. The van der Waals surface area contributed by atoms with Gasteiger partial charge >= 0.3 is 0 Å². The Kier molecular flexibility index (Phi) is 3.85. The van der Waals surface area contributed by atoms with Crippen LogP contribution in [0, 0.1) is 6.92 Å². The lowest BCUT2D eigenvalue weighted by atomic mass is 10.2. The van der Waals surface area contributed by atoms with Crippen LogP contribution in [0.2, 0.25) is 0 Å². The highest BCUT2D eigenvalue weighted by Gasteiger charge is 2.08. The largest absolute Gasteiger partial charge is 0.375 e. The Hall–Kier alpha value is -1.99. The van der Waals surface area contributed by atoms with E-state index in [4.69, 9.17) is 5.73 Å². The first kappa shape index (κ1) is 14.0. The number of aryl methyl sites for hydroxylation is 1. The van der Waals surface area contributed by atoms with Gasteiger partial charge in [0.25, 0.3) is 5.91 Å². The molecule has 0 saturated carbocycles. The number of nitrogens with two attached hydrogens (primary N) is 1. The van der Waals surface area contributed by atoms with Gasteiger partial charge in [-0.25, -0.2) is 9.97 Å². The van der Waals surface area contributed by atoms with Gasteiger partial charge in [0.2, 0.25) is 0 Å². The highest BCUT2D eigenvalue weighted by atomic mass is 32.1. The number of nitrogens with one attached hydrogen (secondary N) is 1. The standard InChI is InChI=1S/C14H14N4OS2/c1-8-7-20-12(17-8)4-5-16-13(19)9-2-3-10-11(6-9)21-14(15)18-10/h2-3,6-7H,4-5H2,1H3,(H2,15,18)(H,16,19). The average Bonchev–Trinajstić information content (AvgIpc) is 3.02. The minimum atomic E-state index is -0.0860. The molecule has 1 amide bonds. The van der Waals surface area contributed by atoms with Crippen molar-refractivity contribution < 1.29 is 4.79 Å². The number of aromatic nitrogens is 2. The van der Waals surface area contributed by atoms with Gasteiger partial charge in [-0.1, -0.05) is 11.3 Å². The van der Waals surface area contributed by atoms with Crippen molar-refractivity contribution in [2.45, 2.75) is 13.3 Å². The molecule has 3 N–H and O–H groups in total. The average molecular weight is 318 g/mol. The smallest absolute Gasteiger partial charge is 0.251 e. The zero-order valence-electron chi connectivity index (χ0n) is 11.4. The first-order chi connectivity index (χ1) is 10.1. The van der Waals surface area contributed by atoms with Crippen LogP contribution in [0.15, 0.2) is 23.6 Å². The fourth-order valence-corrected chi connectivity index (χ4v) is 3.54. The Morgan fingerprint density at radius 1 is 1.38 bits per heavy atom. The number of nitrogen functional groups attached to an aromatic ring is 1. The number of benzene rings is 1. The molecule has 3 aromatic rings. The minimum Gasteiger partial charge on any atom is -0.375 e. The van der Waals surface area contributed by atoms with Crippen LogP contribution >= 0.6 is 22.7 Å². The number of amides is 1. The fourth-order valence-electron chi connectivity index (χ4n) is 1.99. The maximum absolute atomic E-state index is 12.1. The molecule has 0 aliphatic carbocycles. The molecular weight excluding hydrogens is 304 g/mol. The number of hydrogen-bond acceptors (Lipinski definition) is 6. The number of carbonyl (C=O) groups is 1. The van der Waals surface area contributed by atoms with E-state index < -0.39 is 0 Å². The molecule has 3 rings (SSSR count). The van der Waals surface area contributed by atoms with Gasteiger partial charge in [0.1, 0.15) is 0 Å². The van der Waals surface area contributed by atoms with Crippen LogP contribution in [0.25, 0.3) is 10.2 Å². The SMILES string of the molecule is Cc1csc(CCNC(=O)c2ccc3nc(N)sc3c2)n1. The quantitative estimate of drug-likeness (QED) is 0.775. The molecular formula is C14H14N4OS2. The highest BCUT2D eigenvalue weighted by molar-refractivity contribution is 7.22. The Morgan fingerprint density at radius 3 is 3.00 bits per heavy atom. The van der Waals surface area contributed by atoms with E-state index in [0.29, 0.717) is 17.2 Å². The number of anilines is 1. The molecule has 0 saturated heterocycles. The van der Waals surface area contributed by atoms with Gasteiger partial charge in [-0.2, -0.15) is 0 Å². The van der Waals surface area contributed by atoms with Crippen molar-refractivity contribution >= 4 is 43.9 Å². The van der Waals surface area contributed by atoms with Gasteiger partial charge < -0.3 is 11.1 Å². The third-order valence-electron chi connectivity index (χ3n) is 2.96. The number of rotatable bonds is 4. The topological polar surface area (TPSA) is 80.9 Å². The lowest BCUT2D eigenvalue weighted by molar-refractivity contribution is 0.0954. The van der Waals surface area contributed by atoms with Gasteiger partial charge in [-0.15, -0.1) is 11.3 Å². The van der Waals surface area contributed by atoms with Crippen molar-refractivity contribution in [2.75, 3.05) is 12.3 Å². The third kappa shape index (κ3) is 3.20. The molecule has 0 atom stereocenters. The molecule has 0 spiro atoms. The second-order valence-electron chi connectivity index (χ2n) is 4.62. The molecule has 0 aliphatic rings. The monoisotopic (exact) mass is 318 g/mol. The normalized spacial score (nSPS) is 10.9. The van der Waals surface area contributed by atoms with Crippen LogP contribution in [0.4, 0.5) is 5.13 Å². The summed E-state index contributed by atoms with van der Waals surface area (Å²) in [6.07, 6.45) is 0.750. The number of hydrogen-bond donors (Lipinski definition) is 2. The Morgan fingerprint density at radius 2 is 2.24 bits per heavy atom. The second-order valence-corrected chi connectivity index (χ2v) is 6.63. The minimum absolute atomic E-state index is 0.0860. The molecule has 0 radical (unpaired) electrons. The third-order valence-corrected chi connectivity index (χ3v) is 4.83. The van der Waals surface area contributed by atoms with Crippen LogP contribution < -0.4 is 11.1 Å². The van der Waals surface area contributed by atoms with Gasteiger partial charge in [0.05, 0.1) is 15.2 Å². The molecule has 0 aliphatic heterocycles. The Bertz CT molecular complexity index is 793. The van der Waals surface area contributed by atoms with Crippen molar-refractivity contribution in [3.8, 4) is 0 Å². The number of carbonyl (C=O) groups excluding carboxylic acids is 1. The second kappa shape index (κ2) is 5.79. The first-order valence-electron chi connectivity index (χ1n) is 6.47. The summed E-state index contributed by atoms with van der Waals surface area (Å²) in [6.45, 7) is 2.54. The number of nitrogens with zero attached hydrogens (tertiary/aromatic N) is 2. The molecule has 0 fully saturated rings. The maximum atomic E-state index is 12.1. The van der Waals surface area contributed by atoms with Crippen LogP contribution in [0.3, 0.4) is 0 Å². The summed E-state index contributed by atoms with van der Waals surface area (Å²) in [4.78, 5) is 20.7. The van der Waals surface area contributed by atoms with E-state index in [9.17, 15) is 4.79 Å². The molecule has 0 unspecified atom stereocenters. The maximum Gasteiger partial charge on any atom is 0.251 e. The first-order valence-corrected chi connectivity index (χ1v) is 8.17. The lowest BCUT2D eigenvalue weighted by Gasteiger charge is -2.03. The highest BCUT2D eigenvalue weighted by Crippen LogP contribution is 2.24. The van der Waals surface area contributed by atoms with E-state index in [2.05, 4.69) is 15.3 Å². The fraction of sp³-hybridized carbons (Fsp3) is 0.214. The van der Waals surface area contributed by atoms with Crippen LogP contribution in [0.5, 0.6) is 0 Å². The van der Waals surface area contributed by atoms with E-state index in [1.807, 2.05) is 24.4 Å². The molecule has 5 nitrogen and oxygen atoms in total. The molecule has 2 aromatic heterocycles. The van der Waals surface area contributed by atoms with E-state index in [0.717, 1.165) is 27.3 Å². The Labute approximate surface area is 129 Å². The summed E-state index contributed by atoms with van der Waals surface area (Å²) in [6, 6.07) is 5.41. The van der Waals surface area contributed by atoms with E-state index in [1.165, 1.54) is 11.3 Å². The predicted molar refractivity (Wildman–Crippen MR) is 86.9 cm³/mol. The molecule has 7 heteroatoms.